The van der Waals surface area contributed by atoms with E-state index in [1.165, 1.54) is 12.1 Å². The highest BCUT2D eigenvalue weighted by Crippen LogP contribution is 2.30. The van der Waals surface area contributed by atoms with Gasteiger partial charge < -0.3 is 15.6 Å². The van der Waals surface area contributed by atoms with E-state index in [2.05, 4.69) is 15.9 Å². The van der Waals surface area contributed by atoms with Crippen molar-refractivity contribution in [3.05, 3.63) is 32.8 Å². The lowest BCUT2D eigenvalue weighted by molar-refractivity contribution is -0.385. The van der Waals surface area contributed by atoms with Crippen LogP contribution >= 0.6 is 15.9 Å². The number of carboxylic acid groups (broad SMARTS) is 1. The Morgan fingerprint density at radius 1 is 1.57 bits per heavy atom. The van der Waals surface area contributed by atoms with E-state index in [9.17, 15) is 14.9 Å². The SMILES string of the molecule is CCC(N)(CCCOc1ccc(Br)cc1[N+](=O)[O-])C(=O)O. The van der Waals surface area contributed by atoms with E-state index in [1.807, 2.05) is 0 Å². The van der Waals surface area contributed by atoms with Crippen LogP contribution in [-0.2, 0) is 4.79 Å². The molecule has 1 aromatic carbocycles. The van der Waals surface area contributed by atoms with Gasteiger partial charge in [0.1, 0.15) is 5.54 Å². The van der Waals surface area contributed by atoms with Crippen LogP contribution in [-0.4, -0.2) is 28.1 Å². The molecule has 0 amide bonds. The number of carboxylic acids is 1. The lowest BCUT2D eigenvalue weighted by Crippen LogP contribution is -2.47. The predicted molar refractivity (Wildman–Crippen MR) is 80.4 cm³/mol. The lowest BCUT2D eigenvalue weighted by atomic mass is 9.92. The molecule has 8 heteroatoms. The third-order valence-electron chi connectivity index (χ3n) is 3.20. The van der Waals surface area contributed by atoms with Crippen molar-refractivity contribution < 1.29 is 19.6 Å². The van der Waals surface area contributed by atoms with Gasteiger partial charge in [0.05, 0.1) is 11.5 Å². The highest BCUT2D eigenvalue weighted by molar-refractivity contribution is 9.10. The first kappa shape index (κ1) is 17.4. The van der Waals surface area contributed by atoms with Gasteiger partial charge in [0.2, 0.25) is 0 Å². The first-order valence-electron chi connectivity index (χ1n) is 6.39. The van der Waals surface area contributed by atoms with Crippen LogP contribution in [0.25, 0.3) is 0 Å². The summed E-state index contributed by atoms with van der Waals surface area (Å²) in [6.45, 7) is 1.86. The number of nitro benzene ring substituents is 1. The number of hydrogen-bond donors (Lipinski definition) is 2. The molecule has 0 radical (unpaired) electrons. The van der Waals surface area contributed by atoms with Crippen molar-refractivity contribution >= 4 is 27.6 Å². The van der Waals surface area contributed by atoms with Gasteiger partial charge in [-0.3, -0.25) is 14.9 Å². The molecule has 0 aromatic heterocycles. The number of nitrogens with two attached hydrogens (primary N) is 1. The fraction of sp³-hybridized carbons (Fsp3) is 0.462. The van der Waals surface area contributed by atoms with Gasteiger partial charge >= 0.3 is 11.7 Å². The molecule has 21 heavy (non-hydrogen) atoms. The second-order valence-electron chi connectivity index (χ2n) is 4.64. The lowest BCUT2D eigenvalue weighted by Gasteiger charge is -2.22. The smallest absolute Gasteiger partial charge is 0.323 e. The molecule has 0 heterocycles. The number of hydrogen-bond acceptors (Lipinski definition) is 5. The maximum absolute atomic E-state index is 11.0. The largest absolute Gasteiger partial charge is 0.487 e. The van der Waals surface area contributed by atoms with E-state index in [4.69, 9.17) is 15.6 Å². The molecule has 1 aromatic rings. The summed E-state index contributed by atoms with van der Waals surface area (Å²) in [5.41, 5.74) is 4.32. The van der Waals surface area contributed by atoms with Crippen LogP contribution in [0.5, 0.6) is 5.75 Å². The molecule has 1 unspecified atom stereocenters. The number of nitro groups is 1. The van der Waals surface area contributed by atoms with Gasteiger partial charge in [0.15, 0.2) is 5.75 Å². The van der Waals surface area contributed by atoms with Crippen LogP contribution in [0, 0.1) is 10.1 Å². The summed E-state index contributed by atoms with van der Waals surface area (Å²) in [5, 5.41) is 19.9. The second-order valence-corrected chi connectivity index (χ2v) is 5.55. The number of aliphatic carboxylic acids is 1. The molecule has 116 valence electrons. The third-order valence-corrected chi connectivity index (χ3v) is 3.69. The molecular weight excluding hydrogens is 344 g/mol. The van der Waals surface area contributed by atoms with Crippen LogP contribution in [0.3, 0.4) is 0 Å². The summed E-state index contributed by atoms with van der Waals surface area (Å²) >= 11 is 3.16. The molecule has 3 N–H and O–H groups in total. The van der Waals surface area contributed by atoms with Gasteiger partial charge in [-0.15, -0.1) is 0 Å². The Morgan fingerprint density at radius 2 is 2.24 bits per heavy atom. The summed E-state index contributed by atoms with van der Waals surface area (Å²) < 4.78 is 5.94. The van der Waals surface area contributed by atoms with Crippen molar-refractivity contribution in [3.63, 3.8) is 0 Å². The van der Waals surface area contributed by atoms with Gasteiger partial charge in [-0.1, -0.05) is 22.9 Å². The standard InChI is InChI=1S/C13H17BrN2O5/c1-2-13(15,12(17)18)6-3-7-21-11-5-4-9(14)8-10(11)16(19)20/h4-5,8H,2-3,6-7,15H2,1H3,(H,17,18). The Labute approximate surface area is 130 Å². The Kier molecular flexibility index (Phi) is 6.10. The van der Waals surface area contributed by atoms with Crippen LogP contribution in [0.2, 0.25) is 0 Å². The van der Waals surface area contributed by atoms with Gasteiger partial charge in [0.25, 0.3) is 0 Å². The zero-order chi connectivity index (χ0) is 16.0. The van der Waals surface area contributed by atoms with Crippen molar-refractivity contribution in [2.45, 2.75) is 31.7 Å². The molecule has 1 rings (SSSR count). The minimum Gasteiger partial charge on any atom is -0.487 e. The second kappa shape index (κ2) is 7.37. The Balaban J connectivity index is 2.61. The predicted octanol–water partition coefficient (Wildman–Crippen LogP) is 2.71. The Hall–Kier alpha value is -1.67. The highest BCUT2D eigenvalue weighted by Gasteiger charge is 2.31. The molecule has 0 saturated heterocycles. The number of benzene rings is 1. The first-order chi connectivity index (χ1) is 9.80. The average Bonchev–Trinajstić information content (AvgIpc) is 2.44. The molecule has 0 bridgehead atoms. The average molecular weight is 361 g/mol. The quantitative estimate of drug-likeness (QED) is 0.418. The minimum absolute atomic E-state index is 0.142. The number of ether oxygens (including phenoxy) is 1. The molecule has 7 nitrogen and oxygen atoms in total. The summed E-state index contributed by atoms with van der Waals surface area (Å²) in [6.07, 6.45) is 0.938. The third kappa shape index (κ3) is 4.68. The van der Waals surface area contributed by atoms with Gasteiger partial charge in [0, 0.05) is 10.5 Å². The minimum atomic E-state index is -1.28. The van der Waals surface area contributed by atoms with Gasteiger partial charge in [-0.05, 0) is 31.4 Å². The van der Waals surface area contributed by atoms with Crippen molar-refractivity contribution in [1.82, 2.24) is 0 Å². The van der Waals surface area contributed by atoms with Crippen LogP contribution in [0.15, 0.2) is 22.7 Å². The summed E-state index contributed by atoms with van der Waals surface area (Å²) in [5.74, 6) is -0.905. The van der Waals surface area contributed by atoms with Gasteiger partial charge in [-0.2, -0.15) is 0 Å². The summed E-state index contributed by atoms with van der Waals surface area (Å²) in [6, 6.07) is 4.49. The fourth-order valence-electron chi connectivity index (χ4n) is 1.76. The maximum Gasteiger partial charge on any atom is 0.323 e. The number of nitrogens with zero attached hydrogens (tertiary/aromatic N) is 1. The fourth-order valence-corrected chi connectivity index (χ4v) is 2.11. The van der Waals surface area contributed by atoms with E-state index in [0.29, 0.717) is 17.3 Å². The zero-order valence-corrected chi connectivity index (χ0v) is 13.1. The summed E-state index contributed by atoms with van der Waals surface area (Å²) in [4.78, 5) is 21.4. The van der Waals surface area contributed by atoms with E-state index >= 15 is 0 Å². The topological polar surface area (TPSA) is 116 Å². The maximum atomic E-state index is 11.0. The molecule has 0 saturated carbocycles. The number of halogens is 1. The summed E-state index contributed by atoms with van der Waals surface area (Å²) in [7, 11) is 0. The Bertz CT molecular complexity index is 537. The Morgan fingerprint density at radius 3 is 2.76 bits per heavy atom. The molecule has 0 spiro atoms. The van der Waals surface area contributed by atoms with E-state index in [1.54, 1.807) is 13.0 Å². The van der Waals surface area contributed by atoms with Gasteiger partial charge in [-0.25, -0.2) is 0 Å². The monoisotopic (exact) mass is 360 g/mol. The molecule has 0 aliphatic rings. The van der Waals surface area contributed by atoms with E-state index in [0.717, 1.165) is 0 Å². The van der Waals surface area contributed by atoms with Crippen molar-refractivity contribution in [1.29, 1.82) is 0 Å². The van der Waals surface area contributed by atoms with E-state index < -0.39 is 16.4 Å². The first-order valence-corrected chi connectivity index (χ1v) is 7.18. The van der Waals surface area contributed by atoms with Crippen molar-refractivity contribution in [2.24, 2.45) is 5.73 Å². The highest BCUT2D eigenvalue weighted by atomic mass is 79.9. The molecule has 0 aliphatic heterocycles. The van der Waals surface area contributed by atoms with Crippen molar-refractivity contribution in [2.75, 3.05) is 6.61 Å². The number of rotatable bonds is 8. The van der Waals surface area contributed by atoms with E-state index in [-0.39, 0.29) is 24.5 Å². The van der Waals surface area contributed by atoms with Crippen LogP contribution < -0.4 is 10.5 Å². The molecular formula is C13H17BrN2O5. The zero-order valence-electron chi connectivity index (χ0n) is 11.5. The van der Waals surface area contributed by atoms with Crippen LogP contribution in [0.4, 0.5) is 5.69 Å². The number of carbonyl (C=O) groups is 1. The molecule has 1 atom stereocenters. The molecule has 0 fully saturated rings. The van der Waals surface area contributed by atoms with Crippen LogP contribution in [0.1, 0.15) is 26.2 Å². The normalized spacial score (nSPS) is 13.5. The molecule has 0 aliphatic carbocycles. The van der Waals surface area contributed by atoms with Crippen molar-refractivity contribution in [3.8, 4) is 5.75 Å².